The number of carbonyl (C=O) groups is 2. The van der Waals surface area contributed by atoms with Crippen molar-refractivity contribution >= 4 is 34.5 Å². The lowest BCUT2D eigenvalue weighted by Gasteiger charge is -2.35. The number of aliphatic hydroxyl groups is 1. The molecule has 10 heteroatoms. The maximum Gasteiger partial charge on any atom is 0.410 e. The molecule has 2 aromatic carbocycles. The van der Waals surface area contributed by atoms with Gasteiger partial charge in [-0.2, -0.15) is 0 Å². The Morgan fingerprint density at radius 2 is 2.02 bits per heavy atom. The number of nitrogens with zero attached hydrogens (tertiary/aromatic N) is 2. The van der Waals surface area contributed by atoms with Crippen LogP contribution in [0, 0.1) is 0 Å². The lowest BCUT2D eigenvalue weighted by molar-refractivity contribution is 0.0889. The number of aromatic nitrogens is 2. The molecule has 3 N–H and O–H groups in total. The molecule has 40 heavy (non-hydrogen) atoms. The van der Waals surface area contributed by atoms with Gasteiger partial charge in [0, 0.05) is 47.3 Å². The second-order valence-corrected chi connectivity index (χ2v) is 9.97. The molecule has 3 heterocycles. The van der Waals surface area contributed by atoms with Gasteiger partial charge in [-0.15, -0.1) is 0 Å². The zero-order valence-corrected chi connectivity index (χ0v) is 22.9. The van der Waals surface area contributed by atoms with Crippen LogP contribution < -0.4 is 10.1 Å². The standard InChI is InChI=1S/C30H31ClN4O5/c1-2-39-30(38)35-15-12-23-24-17-20(31)8-11-25(24)34-27(23)28(35)19-6-9-22(10-7-19)40-16-13-21(36)18-33-29(37)26-5-3-4-14-32-26/h3-11,14,17,21,28,34,36H,2,12-13,15-16,18H2,1H3,(H,33,37). The third-order valence-electron chi connectivity index (χ3n) is 6.90. The summed E-state index contributed by atoms with van der Waals surface area (Å²) < 4.78 is 11.2. The summed E-state index contributed by atoms with van der Waals surface area (Å²) >= 11 is 6.28. The Kier molecular flexibility index (Phi) is 8.52. The monoisotopic (exact) mass is 562 g/mol. The van der Waals surface area contributed by atoms with E-state index in [0.29, 0.717) is 42.5 Å². The number of pyridine rings is 1. The molecule has 0 saturated carbocycles. The molecular weight excluding hydrogens is 532 g/mol. The Bertz CT molecular complexity index is 1470. The minimum Gasteiger partial charge on any atom is -0.493 e. The molecule has 1 aliphatic rings. The molecular formula is C30H31ClN4O5. The summed E-state index contributed by atoms with van der Waals surface area (Å²) in [6.45, 7) is 2.97. The summed E-state index contributed by atoms with van der Waals surface area (Å²) in [6, 6.07) is 18.1. The first kappa shape index (κ1) is 27.5. The van der Waals surface area contributed by atoms with Gasteiger partial charge in [0.15, 0.2) is 0 Å². The van der Waals surface area contributed by atoms with Crippen LogP contribution in [0.5, 0.6) is 5.75 Å². The summed E-state index contributed by atoms with van der Waals surface area (Å²) in [7, 11) is 0. The van der Waals surface area contributed by atoms with E-state index in [1.807, 2.05) is 42.5 Å². The van der Waals surface area contributed by atoms with E-state index in [1.54, 1.807) is 36.2 Å². The molecule has 2 unspecified atom stereocenters. The number of carbonyl (C=O) groups excluding carboxylic acids is 2. The number of rotatable bonds is 9. The third kappa shape index (κ3) is 6.05. The number of benzene rings is 2. The van der Waals surface area contributed by atoms with Gasteiger partial charge in [-0.1, -0.05) is 29.8 Å². The number of ether oxygens (including phenoxy) is 2. The molecule has 0 saturated heterocycles. The molecule has 0 spiro atoms. The fourth-order valence-electron chi connectivity index (χ4n) is 4.97. The van der Waals surface area contributed by atoms with Crippen molar-refractivity contribution in [2.45, 2.75) is 31.9 Å². The van der Waals surface area contributed by atoms with Gasteiger partial charge in [0.2, 0.25) is 0 Å². The number of fused-ring (bicyclic) bond motifs is 3. The van der Waals surface area contributed by atoms with E-state index in [1.165, 1.54) is 0 Å². The van der Waals surface area contributed by atoms with Gasteiger partial charge in [-0.05, 0) is 66.9 Å². The Balaban J connectivity index is 1.24. The zero-order valence-electron chi connectivity index (χ0n) is 22.1. The van der Waals surface area contributed by atoms with Crippen molar-refractivity contribution in [3.05, 3.63) is 94.4 Å². The fourth-order valence-corrected chi connectivity index (χ4v) is 5.14. The molecule has 0 fully saturated rings. The van der Waals surface area contributed by atoms with E-state index in [-0.39, 0.29) is 31.2 Å². The molecule has 208 valence electrons. The molecule has 2 aromatic heterocycles. The Hall–Kier alpha value is -4.08. The first-order chi connectivity index (χ1) is 19.4. The van der Waals surface area contributed by atoms with Gasteiger partial charge in [0.05, 0.1) is 19.3 Å². The summed E-state index contributed by atoms with van der Waals surface area (Å²) in [5, 5.41) is 14.7. The smallest absolute Gasteiger partial charge is 0.410 e. The Morgan fingerprint density at radius 3 is 2.77 bits per heavy atom. The summed E-state index contributed by atoms with van der Waals surface area (Å²) in [4.78, 5) is 34.2. The molecule has 5 rings (SSSR count). The maximum absolute atomic E-state index is 12.9. The van der Waals surface area contributed by atoms with Crippen LogP contribution in [-0.4, -0.2) is 64.4 Å². The maximum atomic E-state index is 12.9. The van der Waals surface area contributed by atoms with Crippen LogP contribution in [0.3, 0.4) is 0 Å². The number of amides is 2. The second kappa shape index (κ2) is 12.4. The Morgan fingerprint density at radius 1 is 1.20 bits per heavy atom. The molecule has 0 aliphatic carbocycles. The largest absolute Gasteiger partial charge is 0.493 e. The van der Waals surface area contributed by atoms with Crippen molar-refractivity contribution in [3.8, 4) is 5.75 Å². The zero-order chi connectivity index (χ0) is 28.1. The number of hydrogen-bond donors (Lipinski definition) is 3. The van der Waals surface area contributed by atoms with Gasteiger partial charge >= 0.3 is 6.09 Å². The average molecular weight is 563 g/mol. The number of aromatic amines is 1. The average Bonchev–Trinajstić information content (AvgIpc) is 3.34. The highest BCUT2D eigenvalue weighted by Crippen LogP contribution is 2.39. The highest BCUT2D eigenvalue weighted by atomic mass is 35.5. The van der Waals surface area contributed by atoms with E-state index < -0.39 is 6.10 Å². The van der Waals surface area contributed by atoms with Gasteiger partial charge in [-0.3, -0.25) is 14.7 Å². The predicted octanol–water partition coefficient (Wildman–Crippen LogP) is 4.88. The van der Waals surface area contributed by atoms with E-state index >= 15 is 0 Å². The van der Waals surface area contributed by atoms with Crippen molar-refractivity contribution in [1.29, 1.82) is 0 Å². The highest BCUT2D eigenvalue weighted by Gasteiger charge is 2.35. The molecule has 9 nitrogen and oxygen atoms in total. The van der Waals surface area contributed by atoms with Crippen LogP contribution in [0.4, 0.5) is 4.79 Å². The number of hydrogen-bond acceptors (Lipinski definition) is 6. The third-order valence-corrected chi connectivity index (χ3v) is 7.14. The minimum absolute atomic E-state index is 0.0983. The summed E-state index contributed by atoms with van der Waals surface area (Å²) in [6.07, 6.45) is 1.45. The lowest BCUT2D eigenvalue weighted by atomic mass is 9.92. The van der Waals surface area contributed by atoms with Gasteiger partial charge in [-0.25, -0.2) is 4.79 Å². The summed E-state index contributed by atoms with van der Waals surface area (Å²) in [5.74, 6) is 0.299. The number of aliphatic hydroxyl groups excluding tert-OH is 1. The van der Waals surface area contributed by atoms with Gasteiger partial charge in [0.1, 0.15) is 17.5 Å². The topological polar surface area (TPSA) is 117 Å². The van der Waals surface area contributed by atoms with Crippen molar-refractivity contribution < 1.29 is 24.2 Å². The SMILES string of the molecule is CCOC(=O)N1CCc2c([nH]c3ccc(Cl)cc23)C1c1ccc(OCCC(O)CNC(=O)c2ccccn2)cc1. The molecule has 0 bridgehead atoms. The molecule has 1 aliphatic heterocycles. The molecule has 0 radical (unpaired) electrons. The first-order valence-electron chi connectivity index (χ1n) is 13.3. The van der Waals surface area contributed by atoms with Crippen molar-refractivity contribution in [2.24, 2.45) is 0 Å². The van der Waals surface area contributed by atoms with Crippen LogP contribution in [0.25, 0.3) is 10.9 Å². The van der Waals surface area contributed by atoms with Crippen LogP contribution in [0.15, 0.2) is 66.9 Å². The number of nitrogens with one attached hydrogen (secondary N) is 2. The van der Waals surface area contributed by atoms with Crippen molar-refractivity contribution in [2.75, 3.05) is 26.3 Å². The quantitative estimate of drug-likeness (QED) is 0.268. The van der Waals surface area contributed by atoms with E-state index in [2.05, 4.69) is 15.3 Å². The van der Waals surface area contributed by atoms with Crippen LogP contribution in [-0.2, 0) is 11.2 Å². The Labute approximate surface area is 237 Å². The number of halogens is 1. The van der Waals surface area contributed by atoms with Gasteiger partial charge in [0.25, 0.3) is 5.91 Å². The molecule has 2 atom stereocenters. The fraction of sp³-hybridized carbons (Fsp3) is 0.300. The summed E-state index contributed by atoms with van der Waals surface area (Å²) in [5.41, 5.74) is 4.28. The second-order valence-electron chi connectivity index (χ2n) is 9.54. The van der Waals surface area contributed by atoms with E-state index in [4.69, 9.17) is 21.1 Å². The number of H-pyrrole nitrogens is 1. The molecule has 2 amide bonds. The van der Waals surface area contributed by atoms with Crippen LogP contribution in [0.1, 0.15) is 46.7 Å². The van der Waals surface area contributed by atoms with Crippen LogP contribution in [0.2, 0.25) is 5.02 Å². The van der Waals surface area contributed by atoms with Crippen LogP contribution >= 0.6 is 11.6 Å². The highest BCUT2D eigenvalue weighted by molar-refractivity contribution is 6.31. The van der Waals surface area contributed by atoms with E-state index in [0.717, 1.165) is 27.7 Å². The normalized spacial score (nSPS) is 15.4. The molecule has 4 aromatic rings. The lowest BCUT2D eigenvalue weighted by Crippen LogP contribution is -2.40. The van der Waals surface area contributed by atoms with Crippen molar-refractivity contribution in [3.63, 3.8) is 0 Å². The van der Waals surface area contributed by atoms with Crippen molar-refractivity contribution in [1.82, 2.24) is 20.2 Å². The van der Waals surface area contributed by atoms with E-state index in [9.17, 15) is 14.7 Å². The van der Waals surface area contributed by atoms with Gasteiger partial charge < -0.3 is 24.9 Å². The first-order valence-corrected chi connectivity index (χ1v) is 13.7. The minimum atomic E-state index is -0.763. The predicted molar refractivity (Wildman–Crippen MR) is 152 cm³/mol.